The molecule has 2 rings (SSSR count). The predicted molar refractivity (Wildman–Crippen MR) is 83.1 cm³/mol. The van der Waals surface area contributed by atoms with Gasteiger partial charge in [-0.1, -0.05) is 30.3 Å². The van der Waals surface area contributed by atoms with Crippen LogP contribution in [0.5, 0.6) is 0 Å². The molecule has 0 atom stereocenters. The summed E-state index contributed by atoms with van der Waals surface area (Å²) in [6.07, 6.45) is 0.576. The summed E-state index contributed by atoms with van der Waals surface area (Å²) < 4.78 is 16.3. The fraction of sp³-hybridized carbons (Fsp3) is 0.312. The van der Waals surface area contributed by atoms with Crippen LogP contribution in [-0.4, -0.2) is 43.1 Å². The van der Waals surface area contributed by atoms with E-state index in [1.54, 1.807) is 0 Å². The summed E-state index contributed by atoms with van der Waals surface area (Å²) in [6, 6.07) is 9.19. The maximum atomic E-state index is 12.6. The first-order valence-corrected chi connectivity index (χ1v) is 6.91. The van der Waals surface area contributed by atoms with Crippen molar-refractivity contribution in [1.82, 2.24) is 9.55 Å². The predicted octanol–water partition coefficient (Wildman–Crippen LogP) is 1.32. The number of nitrogens with zero attached hydrogens (tertiary/aromatic N) is 2. The molecule has 2 aromatic rings. The molecule has 122 valence electrons. The molecule has 0 aliphatic rings. The van der Waals surface area contributed by atoms with Crippen LogP contribution in [0.15, 0.2) is 41.3 Å². The molecule has 0 aliphatic carbocycles. The van der Waals surface area contributed by atoms with Gasteiger partial charge in [0.2, 0.25) is 0 Å². The topological polar surface area (TPSA) is 79.7 Å². The Labute approximate surface area is 133 Å². The maximum Gasteiger partial charge on any atom is 0.345 e. The standard InChI is InChI=1S/C16H18N2O5/c1-21-13(22-2)10-18-14(11-7-5-4-6-8-11)17-9-12(15(18)19)16(20)23-3/h4-9,13H,10H2,1-3H3. The first-order chi connectivity index (χ1) is 11.1. The number of rotatable bonds is 6. The van der Waals surface area contributed by atoms with Gasteiger partial charge >= 0.3 is 5.97 Å². The molecule has 23 heavy (non-hydrogen) atoms. The molecule has 0 saturated heterocycles. The monoisotopic (exact) mass is 318 g/mol. The van der Waals surface area contributed by atoms with E-state index in [1.807, 2.05) is 30.3 Å². The van der Waals surface area contributed by atoms with Crippen LogP contribution in [0.4, 0.5) is 0 Å². The van der Waals surface area contributed by atoms with Gasteiger partial charge in [0.1, 0.15) is 11.4 Å². The highest BCUT2D eigenvalue weighted by Gasteiger charge is 2.20. The molecule has 7 nitrogen and oxygen atoms in total. The second-order valence-electron chi connectivity index (χ2n) is 4.67. The Morgan fingerprint density at radius 1 is 1.17 bits per heavy atom. The molecule has 0 bridgehead atoms. The minimum Gasteiger partial charge on any atom is -0.465 e. The lowest BCUT2D eigenvalue weighted by molar-refractivity contribution is -0.111. The molecule has 7 heteroatoms. The van der Waals surface area contributed by atoms with E-state index in [2.05, 4.69) is 9.72 Å². The molecule has 1 aromatic carbocycles. The van der Waals surface area contributed by atoms with Gasteiger partial charge in [0.25, 0.3) is 5.56 Å². The van der Waals surface area contributed by atoms with Crippen LogP contribution in [0, 0.1) is 0 Å². The van der Waals surface area contributed by atoms with Gasteiger partial charge in [0.15, 0.2) is 6.29 Å². The largest absolute Gasteiger partial charge is 0.465 e. The van der Waals surface area contributed by atoms with Crippen molar-refractivity contribution >= 4 is 5.97 Å². The fourth-order valence-corrected chi connectivity index (χ4v) is 2.12. The zero-order valence-corrected chi connectivity index (χ0v) is 13.2. The number of carbonyl (C=O) groups is 1. The molecular weight excluding hydrogens is 300 g/mol. The Balaban J connectivity index is 2.60. The van der Waals surface area contributed by atoms with Crippen LogP contribution >= 0.6 is 0 Å². The van der Waals surface area contributed by atoms with Crippen LogP contribution < -0.4 is 5.56 Å². The maximum absolute atomic E-state index is 12.6. The molecule has 1 aromatic heterocycles. The molecule has 1 heterocycles. The van der Waals surface area contributed by atoms with Crippen molar-refractivity contribution in [2.24, 2.45) is 0 Å². The fourth-order valence-electron chi connectivity index (χ4n) is 2.12. The number of methoxy groups -OCH3 is 3. The van der Waals surface area contributed by atoms with E-state index < -0.39 is 17.8 Å². The smallest absolute Gasteiger partial charge is 0.345 e. The van der Waals surface area contributed by atoms with Crippen molar-refractivity contribution in [3.05, 3.63) is 52.4 Å². The van der Waals surface area contributed by atoms with E-state index in [-0.39, 0.29) is 12.1 Å². The lowest BCUT2D eigenvalue weighted by Gasteiger charge is -2.18. The SMILES string of the molecule is COC(=O)c1cnc(-c2ccccc2)n(CC(OC)OC)c1=O. The van der Waals surface area contributed by atoms with E-state index >= 15 is 0 Å². The quantitative estimate of drug-likeness (QED) is 0.590. The van der Waals surface area contributed by atoms with Crippen molar-refractivity contribution in [2.45, 2.75) is 12.8 Å². The first kappa shape index (κ1) is 16.9. The van der Waals surface area contributed by atoms with Crippen LogP contribution in [-0.2, 0) is 20.8 Å². The lowest BCUT2D eigenvalue weighted by Crippen LogP contribution is -2.34. The van der Waals surface area contributed by atoms with Gasteiger partial charge < -0.3 is 14.2 Å². The third-order valence-corrected chi connectivity index (χ3v) is 3.34. The van der Waals surface area contributed by atoms with Crippen LogP contribution in [0.2, 0.25) is 0 Å². The second-order valence-corrected chi connectivity index (χ2v) is 4.67. The summed E-state index contributed by atoms with van der Waals surface area (Å²) >= 11 is 0. The van der Waals surface area contributed by atoms with E-state index in [1.165, 1.54) is 32.1 Å². The van der Waals surface area contributed by atoms with Gasteiger partial charge in [-0.25, -0.2) is 9.78 Å². The van der Waals surface area contributed by atoms with E-state index in [9.17, 15) is 9.59 Å². The molecule has 0 fully saturated rings. The van der Waals surface area contributed by atoms with Crippen molar-refractivity contribution in [3.63, 3.8) is 0 Å². The van der Waals surface area contributed by atoms with Gasteiger partial charge in [-0.3, -0.25) is 9.36 Å². The van der Waals surface area contributed by atoms with Crippen LogP contribution in [0.3, 0.4) is 0 Å². The van der Waals surface area contributed by atoms with Crippen molar-refractivity contribution in [1.29, 1.82) is 0 Å². The number of hydrogen-bond donors (Lipinski definition) is 0. The van der Waals surface area contributed by atoms with Crippen molar-refractivity contribution in [2.75, 3.05) is 21.3 Å². The van der Waals surface area contributed by atoms with Gasteiger partial charge in [-0.15, -0.1) is 0 Å². The number of carbonyl (C=O) groups excluding carboxylic acids is 1. The zero-order valence-electron chi connectivity index (χ0n) is 13.2. The molecule has 0 spiro atoms. The number of esters is 1. The molecular formula is C16H18N2O5. The summed E-state index contributed by atoms with van der Waals surface area (Å²) in [5.74, 6) is -0.315. The van der Waals surface area contributed by atoms with E-state index in [0.29, 0.717) is 5.82 Å². The highest BCUT2D eigenvalue weighted by Crippen LogP contribution is 2.16. The summed E-state index contributed by atoms with van der Waals surface area (Å²) in [5.41, 5.74) is 0.0925. The Morgan fingerprint density at radius 3 is 2.39 bits per heavy atom. The molecule has 0 N–H and O–H groups in total. The second kappa shape index (κ2) is 7.66. The summed E-state index contributed by atoms with van der Waals surface area (Å²) in [4.78, 5) is 28.6. The van der Waals surface area contributed by atoms with Gasteiger partial charge in [0, 0.05) is 26.0 Å². The average molecular weight is 318 g/mol. The minimum atomic E-state index is -0.734. The molecule has 0 aliphatic heterocycles. The van der Waals surface area contributed by atoms with Gasteiger partial charge in [-0.05, 0) is 0 Å². The van der Waals surface area contributed by atoms with E-state index in [0.717, 1.165) is 5.56 Å². The van der Waals surface area contributed by atoms with Crippen molar-refractivity contribution in [3.8, 4) is 11.4 Å². The van der Waals surface area contributed by atoms with Crippen molar-refractivity contribution < 1.29 is 19.0 Å². The van der Waals surface area contributed by atoms with Crippen LogP contribution in [0.25, 0.3) is 11.4 Å². The summed E-state index contributed by atoms with van der Waals surface area (Å²) in [6.45, 7) is 0.0912. The molecule has 0 radical (unpaired) electrons. The first-order valence-electron chi connectivity index (χ1n) is 6.91. The third-order valence-electron chi connectivity index (χ3n) is 3.34. The Bertz CT molecular complexity index is 723. The zero-order chi connectivity index (χ0) is 16.8. The highest BCUT2D eigenvalue weighted by atomic mass is 16.7. The summed E-state index contributed by atoms with van der Waals surface area (Å²) in [7, 11) is 4.16. The number of ether oxygens (including phenoxy) is 3. The van der Waals surface area contributed by atoms with Gasteiger partial charge in [0.05, 0.1) is 13.7 Å². The van der Waals surface area contributed by atoms with E-state index in [4.69, 9.17) is 9.47 Å². The average Bonchev–Trinajstić information content (AvgIpc) is 2.60. The number of aromatic nitrogens is 2. The normalized spacial score (nSPS) is 10.8. The Morgan fingerprint density at radius 2 is 1.83 bits per heavy atom. The lowest BCUT2D eigenvalue weighted by atomic mass is 10.2. The minimum absolute atomic E-state index is 0.0912. The molecule has 0 unspecified atom stereocenters. The highest BCUT2D eigenvalue weighted by molar-refractivity contribution is 5.88. The molecule has 0 saturated carbocycles. The summed E-state index contributed by atoms with van der Waals surface area (Å²) in [5, 5.41) is 0. The van der Waals surface area contributed by atoms with Crippen LogP contribution in [0.1, 0.15) is 10.4 Å². The van der Waals surface area contributed by atoms with Gasteiger partial charge in [-0.2, -0.15) is 0 Å². The number of hydrogen-bond acceptors (Lipinski definition) is 6. The Hall–Kier alpha value is -2.51. The number of benzene rings is 1. The third kappa shape index (κ3) is 3.64. The Kier molecular flexibility index (Phi) is 5.61. The molecule has 0 amide bonds.